The van der Waals surface area contributed by atoms with E-state index in [2.05, 4.69) is 20.4 Å². The second kappa shape index (κ2) is 9.94. The van der Waals surface area contributed by atoms with Crippen LogP contribution in [0.3, 0.4) is 0 Å². The zero-order valence-corrected chi connectivity index (χ0v) is 18.2. The fourth-order valence-corrected chi connectivity index (χ4v) is 4.00. The lowest BCUT2D eigenvalue weighted by Gasteiger charge is -2.28. The summed E-state index contributed by atoms with van der Waals surface area (Å²) < 4.78 is 9.95. The number of nitrogens with two attached hydrogens (primary N) is 1. The highest BCUT2D eigenvalue weighted by Crippen LogP contribution is 2.30. The first-order chi connectivity index (χ1) is 15.9. The lowest BCUT2D eigenvalue weighted by Crippen LogP contribution is -2.53. The van der Waals surface area contributed by atoms with Crippen molar-refractivity contribution in [3.05, 3.63) is 65.5 Å². The van der Waals surface area contributed by atoms with E-state index in [0.717, 1.165) is 4.90 Å². The lowest BCUT2D eigenvalue weighted by molar-refractivity contribution is -0.122. The average molecular weight is 468 g/mol. The molecule has 0 saturated heterocycles. The average Bonchev–Trinajstić information content (AvgIpc) is 3.22. The van der Waals surface area contributed by atoms with Crippen molar-refractivity contribution in [2.75, 3.05) is 5.73 Å². The maximum atomic E-state index is 12.5. The van der Waals surface area contributed by atoms with Crippen LogP contribution in [0.4, 0.5) is 5.69 Å². The number of carboxylic acids is 1. The van der Waals surface area contributed by atoms with Crippen molar-refractivity contribution in [3.8, 4) is 5.75 Å². The van der Waals surface area contributed by atoms with E-state index in [9.17, 15) is 19.7 Å². The summed E-state index contributed by atoms with van der Waals surface area (Å²) in [4.78, 5) is 24.8. The molecule has 0 fully saturated rings. The molecule has 3 aromatic rings. The summed E-state index contributed by atoms with van der Waals surface area (Å²) in [6.45, 7) is 0.345. The van der Waals surface area contributed by atoms with Crippen LogP contribution in [0.2, 0.25) is 0 Å². The molecule has 4 rings (SSSR count). The van der Waals surface area contributed by atoms with Crippen LogP contribution in [0.1, 0.15) is 21.6 Å². The zero-order chi connectivity index (χ0) is 23.4. The third-order valence-electron chi connectivity index (χ3n) is 4.91. The number of carboxylic acid groups (broad SMARTS) is 1. The third-order valence-corrected chi connectivity index (χ3v) is 5.71. The Morgan fingerprint density at radius 1 is 1.27 bits per heavy atom. The number of hydrogen-bond donors (Lipinski definition) is 5. The number of anilines is 1. The molecular weight excluding hydrogens is 447 g/mol. The molecule has 0 spiro atoms. The van der Waals surface area contributed by atoms with Gasteiger partial charge in [0.15, 0.2) is 0 Å². The van der Waals surface area contributed by atoms with Gasteiger partial charge in [-0.3, -0.25) is 9.52 Å². The summed E-state index contributed by atoms with van der Waals surface area (Å²) in [6.07, 6.45) is 1.89. The molecule has 0 bridgehead atoms. The summed E-state index contributed by atoms with van der Waals surface area (Å²) in [5, 5.41) is 30.2. The molecule has 0 saturated carbocycles. The molecule has 1 aromatic heterocycles. The molecule has 1 atom stereocenters. The molecule has 1 amide bonds. The molecule has 1 unspecified atom stereocenters. The van der Waals surface area contributed by atoms with Gasteiger partial charge in [-0.1, -0.05) is 17.3 Å². The van der Waals surface area contributed by atoms with Gasteiger partial charge < -0.3 is 25.8 Å². The predicted octanol–water partition coefficient (Wildman–Crippen LogP) is 0.495. The topological polar surface area (TPSA) is 165 Å². The first-order valence-electron chi connectivity index (χ1n) is 10.0. The van der Waals surface area contributed by atoms with Crippen LogP contribution in [0.25, 0.3) is 0 Å². The standard InChI is InChI=1S/C20H21BN6O5S/c22-13-4-6-15(7-5-13)33-23-9-14-10-27(26-25-14)11-18(28)24-17-8-12-2-1-3-16(20(29)30)19(12)32-21(17)31/h1-7,10,17,23,31H,8-9,11,22H2,(H,24,28)(H,29,30). The van der Waals surface area contributed by atoms with Crippen molar-refractivity contribution < 1.29 is 24.4 Å². The number of nitrogens with one attached hydrogen (secondary N) is 2. The van der Waals surface area contributed by atoms with Crippen LogP contribution in [0.15, 0.2) is 53.6 Å². The molecule has 0 aliphatic carbocycles. The summed E-state index contributed by atoms with van der Waals surface area (Å²) in [5.41, 5.74) is 7.58. The summed E-state index contributed by atoms with van der Waals surface area (Å²) in [7, 11) is -1.37. The van der Waals surface area contributed by atoms with Crippen molar-refractivity contribution in [2.45, 2.75) is 30.3 Å². The van der Waals surface area contributed by atoms with E-state index in [0.29, 0.717) is 23.5 Å². The van der Waals surface area contributed by atoms with Gasteiger partial charge in [-0.25, -0.2) is 9.48 Å². The van der Waals surface area contributed by atoms with E-state index in [1.54, 1.807) is 18.3 Å². The van der Waals surface area contributed by atoms with Crippen molar-refractivity contribution in [1.82, 2.24) is 25.0 Å². The van der Waals surface area contributed by atoms with Gasteiger partial charge in [0.25, 0.3) is 0 Å². The van der Waals surface area contributed by atoms with E-state index in [-0.39, 0.29) is 30.2 Å². The van der Waals surface area contributed by atoms with Crippen LogP contribution in [0, 0.1) is 0 Å². The molecule has 170 valence electrons. The number of para-hydroxylation sites is 1. The molecule has 13 heteroatoms. The van der Waals surface area contributed by atoms with Gasteiger partial charge >= 0.3 is 13.1 Å². The Labute approximate surface area is 193 Å². The van der Waals surface area contributed by atoms with E-state index in [1.165, 1.54) is 22.7 Å². The van der Waals surface area contributed by atoms with Gasteiger partial charge in [-0.05, 0) is 54.3 Å². The Hall–Kier alpha value is -3.55. The summed E-state index contributed by atoms with van der Waals surface area (Å²) in [6, 6.07) is 12.1. The smallest absolute Gasteiger partial charge is 0.534 e. The number of fused-ring (bicyclic) bond motifs is 1. The van der Waals surface area contributed by atoms with E-state index < -0.39 is 19.0 Å². The number of carbonyl (C=O) groups excluding carboxylic acids is 1. The maximum Gasteiger partial charge on any atom is 0.547 e. The molecule has 1 aliphatic heterocycles. The number of aromatic carboxylic acids is 1. The molecule has 6 N–H and O–H groups in total. The molecule has 2 aromatic carbocycles. The second-order valence-electron chi connectivity index (χ2n) is 7.39. The van der Waals surface area contributed by atoms with Crippen LogP contribution < -0.4 is 20.4 Å². The van der Waals surface area contributed by atoms with Gasteiger partial charge in [0.2, 0.25) is 5.91 Å². The van der Waals surface area contributed by atoms with E-state index in [4.69, 9.17) is 10.4 Å². The fraction of sp³-hybridized carbons (Fsp3) is 0.200. The van der Waals surface area contributed by atoms with Crippen molar-refractivity contribution >= 4 is 36.6 Å². The van der Waals surface area contributed by atoms with Crippen molar-refractivity contribution in [3.63, 3.8) is 0 Å². The van der Waals surface area contributed by atoms with Crippen LogP contribution in [0.5, 0.6) is 5.75 Å². The number of benzene rings is 2. The highest BCUT2D eigenvalue weighted by atomic mass is 32.2. The molecular formula is C20H21BN6O5S. The van der Waals surface area contributed by atoms with Crippen LogP contribution in [-0.4, -0.2) is 50.1 Å². The minimum absolute atomic E-state index is 0.0327. The number of nitrogens with zero attached hydrogens (tertiary/aromatic N) is 3. The number of carbonyl (C=O) groups is 2. The zero-order valence-electron chi connectivity index (χ0n) is 17.3. The Kier molecular flexibility index (Phi) is 6.82. The van der Waals surface area contributed by atoms with Crippen molar-refractivity contribution in [2.24, 2.45) is 0 Å². The normalized spacial score (nSPS) is 14.9. The molecule has 11 nitrogen and oxygen atoms in total. The molecule has 2 heterocycles. The lowest BCUT2D eigenvalue weighted by atomic mass is 9.72. The van der Waals surface area contributed by atoms with Gasteiger partial charge in [0, 0.05) is 10.6 Å². The quantitative estimate of drug-likeness (QED) is 0.179. The minimum Gasteiger partial charge on any atom is -0.534 e. The first-order valence-corrected chi connectivity index (χ1v) is 10.8. The van der Waals surface area contributed by atoms with Crippen molar-refractivity contribution in [1.29, 1.82) is 0 Å². The monoisotopic (exact) mass is 468 g/mol. The Morgan fingerprint density at radius 2 is 2.06 bits per heavy atom. The van der Waals surface area contributed by atoms with E-state index in [1.807, 2.05) is 24.3 Å². The second-order valence-corrected chi connectivity index (χ2v) is 8.35. The number of aromatic nitrogens is 3. The fourth-order valence-electron chi connectivity index (χ4n) is 3.34. The Balaban J connectivity index is 1.28. The first kappa shape index (κ1) is 22.6. The molecule has 0 radical (unpaired) electrons. The van der Waals surface area contributed by atoms with Gasteiger partial charge in [0.1, 0.15) is 12.3 Å². The minimum atomic E-state index is -1.37. The highest BCUT2D eigenvalue weighted by Gasteiger charge is 2.37. The van der Waals surface area contributed by atoms with Crippen LogP contribution in [-0.2, 0) is 24.3 Å². The SMILES string of the molecule is Nc1ccc(SNCc2cn(CC(=O)NC3Cc4cccc(C(=O)O)c4OB3O)nn2)cc1. The number of amides is 1. The Bertz CT molecular complexity index is 1160. The predicted molar refractivity (Wildman–Crippen MR) is 121 cm³/mol. The number of hydrogen-bond acceptors (Lipinski definition) is 9. The van der Waals surface area contributed by atoms with Gasteiger partial charge in [-0.2, -0.15) is 0 Å². The molecule has 33 heavy (non-hydrogen) atoms. The highest BCUT2D eigenvalue weighted by molar-refractivity contribution is 7.97. The summed E-state index contributed by atoms with van der Waals surface area (Å²) in [5.74, 6) is -2.14. The number of rotatable bonds is 8. The summed E-state index contributed by atoms with van der Waals surface area (Å²) >= 11 is 1.43. The Morgan fingerprint density at radius 3 is 2.82 bits per heavy atom. The number of nitrogen functional groups attached to an aromatic ring is 1. The van der Waals surface area contributed by atoms with Crippen LogP contribution >= 0.6 is 11.9 Å². The molecule has 1 aliphatic rings. The van der Waals surface area contributed by atoms with Gasteiger partial charge in [-0.15, -0.1) is 5.10 Å². The third kappa shape index (κ3) is 5.63. The largest absolute Gasteiger partial charge is 0.547 e. The van der Waals surface area contributed by atoms with E-state index >= 15 is 0 Å². The maximum absolute atomic E-state index is 12.5. The van der Waals surface area contributed by atoms with Gasteiger partial charge in [0.05, 0.1) is 29.9 Å².